The summed E-state index contributed by atoms with van der Waals surface area (Å²) < 4.78 is 5.90. The Hall–Kier alpha value is -3.35. The molecule has 1 unspecified atom stereocenters. The summed E-state index contributed by atoms with van der Waals surface area (Å²) in [5, 5.41) is 5.58. The van der Waals surface area contributed by atoms with E-state index in [-0.39, 0.29) is 17.9 Å². The van der Waals surface area contributed by atoms with Gasteiger partial charge in [-0.2, -0.15) is 0 Å². The van der Waals surface area contributed by atoms with Gasteiger partial charge in [0.1, 0.15) is 11.6 Å². The Morgan fingerprint density at radius 3 is 2.90 bits per heavy atom. The van der Waals surface area contributed by atoms with Gasteiger partial charge < -0.3 is 20.3 Å². The predicted molar refractivity (Wildman–Crippen MR) is 114 cm³/mol. The van der Waals surface area contributed by atoms with Gasteiger partial charge in [-0.1, -0.05) is 25.1 Å². The van der Waals surface area contributed by atoms with E-state index >= 15 is 0 Å². The molecule has 2 amide bonds. The lowest BCUT2D eigenvalue weighted by molar-refractivity contribution is -0.120. The minimum atomic E-state index is -0.254. The average Bonchev–Trinajstić information content (AvgIpc) is 2.73. The van der Waals surface area contributed by atoms with E-state index in [1.165, 1.54) is 6.08 Å². The Morgan fingerprint density at radius 1 is 1.34 bits per heavy atom. The number of nitrogens with zero attached hydrogens (tertiary/aromatic N) is 2. The monoisotopic (exact) mass is 394 g/mol. The number of piperazine rings is 1. The summed E-state index contributed by atoms with van der Waals surface area (Å²) in [6.45, 7) is 5.69. The van der Waals surface area contributed by atoms with Crippen molar-refractivity contribution in [3.63, 3.8) is 0 Å². The minimum Gasteiger partial charge on any atom is -0.490 e. The first kappa shape index (κ1) is 20.4. The van der Waals surface area contributed by atoms with E-state index in [2.05, 4.69) is 22.5 Å². The van der Waals surface area contributed by atoms with E-state index in [4.69, 9.17) is 4.74 Å². The normalized spacial score (nSPS) is 15.1. The Labute approximate surface area is 170 Å². The molecule has 0 saturated carbocycles. The number of para-hydroxylation sites is 1. The molecule has 1 aromatic heterocycles. The molecule has 0 bridgehead atoms. The predicted octanol–water partition coefficient (Wildman–Crippen LogP) is 2.85. The van der Waals surface area contributed by atoms with E-state index < -0.39 is 0 Å². The summed E-state index contributed by atoms with van der Waals surface area (Å²) in [7, 11) is 0. The molecular weight excluding hydrogens is 368 g/mol. The van der Waals surface area contributed by atoms with Crippen LogP contribution in [-0.2, 0) is 9.59 Å². The highest BCUT2D eigenvalue weighted by atomic mass is 16.5. The summed E-state index contributed by atoms with van der Waals surface area (Å²) in [6.07, 6.45) is 5.81. The van der Waals surface area contributed by atoms with E-state index in [9.17, 15) is 9.59 Å². The van der Waals surface area contributed by atoms with Crippen molar-refractivity contribution in [1.29, 1.82) is 0 Å². The Balaban J connectivity index is 1.60. The maximum Gasteiger partial charge on any atom is 0.248 e. The fourth-order valence-electron chi connectivity index (χ4n) is 2.86. The fourth-order valence-corrected chi connectivity index (χ4v) is 2.86. The summed E-state index contributed by atoms with van der Waals surface area (Å²) in [5.74, 6) is 1.19. The van der Waals surface area contributed by atoms with E-state index in [1.54, 1.807) is 24.4 Å². The smallest absolute Gasteiger partial charge is 0.248 e. The second-order valence-electron chi connectivity index (χ2n) is 6.87. The van der Waals surface area contributed by atoms with Crippen LogP contribution in [0.3, 0.4) is 0 Å². The molecule has 29 heavy (non-hydrogen) atoms. The number of nitrogens with one attached hydrogen (secondary N) is 2. The summed E-state index contributed by atoms with van der Waals surface area (Å²) in [6, 6.07) is 11.2. The van der Waals surface area contributed by atoms with Crippen molar-refractivity contribution in [3.05, 3.63) is 54.2 Å². The third-order valence-electron chi connectivity index (χ3n) is 4.61. The maximum absolute atomic E-state index is 12.3. The van der Waals surface area contributed by atoms with Crippen molar-refractivity contribution >= 4 is 29.4 Å². The van der Waals surface area contributed by atoms with Crippen LogP contribution in [0.15, 0.2) is 48.7 Å². The number of pyridine rings is 1. The van der Waals surface area contributed by atoms with Crippen molar-refractivity contribution in [2.24, 2.45) is 0 Å². The second kappa shape index (κ2) is 9.73. The standard InChI is InChI=1S/C22H26N4O3/c1-3-16(2)29-19-7-5-4-6-17(19)8-11-21(27)25-18-9-10-20(24-14-18)26-13-12-23-22(28)15-26/h4-11,14,16H,3,12-13,15H2,1-2H3,(H,23,28)(H,25,27)/b11-8+. The number of aromatic nitrogens is 1. The SMILES string of the molecule is CCC(C)Oc1ccccc1/C=C/C(=O)Nc1ccc(N2CCNC(=O)C2)nc1. The molecular formula is C22H26N4O3. The van der Waals surface area contributed by atoms with Gasteiger partial charge in [0.25, 0.3) is 0 Å². The van der Waals surface area contributed by atoms with E-state index in [1.807, 2.05) is 36.1 Å². The largest absolute Gasteiger partial charge is 0.490 e. The van der Waals surface area contributed by atoms with Crippen LogP contribution in [0.1, 0.15) is 25.8 Å². The van der Waals surface area contributed by atoms with Gasteiger partial charge in [0, 0.05) is 24.7 Å². The second-order valence-corrected chi connectivity index (χ2v) is 6.87. The van der Waals surface area contributed by atoms with Crippen LogP contribution < -0.4 is 20.3 Å². The molecule has 7 nitrogen and oxygen atoms in total. The zero-order valence-electron chi connectivity index (χ0n) is 16.7. The van der Waals surface area contributed by atoms with Gasteiger partial charge in [-0.25, -0.2) is 4.98 Å². The van der Waals surface area contributed by atoms with Gasteiger partial charge in [0.15, 0.2) is 0 Å². The van der Waals surface area contributed by atoms with Gasteiger partial charge in [-0.15, -0.1) is 0 Å². The van der Waals surface area contributed by atoms with Gasteiger partial charge in [-0.3, -0.25) is 9.59 Å². The number of carbonyl (C=O) groups is 2. The zero-order valence-corrected chi connectivity index (χ0v) is 16.7. The number of anilines is 2. The first-order chi connectivity index (χ1) is 14.0. The topological polar surface area (TPSA) is 83.6 Å². The molecule has 1 aromatic carbocycles. The first-order valence-corrected chi connectivity index (χ1v) is 9.77. The van der Waals surface area contributed by atoms with Gasteiger partial charge in [0.2, 0.25) is 11.8 Å². The van der Waals surface area contributed by atoms with Crippen molar-refractivity contribution < 1.29 is 14.3 Å². The molecule has 0 radical (unpaired) electrons. The van der Waals surface area contributed by atoms with Crippen LogP contribution in [0, 0.1) is 0 Å². The number of ether oxygens (including phenoxy) is 1. The molecule has 2 N–H and O–H groups in total. The molecule has 0 spiro atoms. The number of hydrogen-bond donors (Lipinski definition) is 2. The highest BCUT2D eigenvalue weighted by Gasteiger charge is 2.17. The Morgan fingerprint density at radius 2 is 2.17 bits per heavy atom. The molecule has 1 atom stereocenters. The third kappa shape index (κ3) is 5.81. The van der Waals surface area contributed by atoms with E-state index in [0.717, 1.165) is 17.7 Å². The van der Waals surface area contributed by atoms with Crippen LogP contribution in [0.2, 0.25) is 0 Å². The molecule has 1 aliphatic heterocycles. The molecule has 1 saturated heterocycles. The van der Waals surface area contributed by atoms with Crippen molar-refractivity contribution in [2.75, 3.05) is 29.9 Å². The lowest BCUT2D eigenvalue weighted by Crippen LogP contribution is -2.48. The summed E-state index contributed by atoms with van der Waals surface area (Å²) in [5.41, 5.74) is 1.44. The molecule has 0 aliphatic carbocycles. The number of benzene rings is 1. The lowest BCUT2D eigenvalue weighted by Gasteiger charge is -2.27. The number of rotatable bonds is 7. The highest BCUT2D eigenvalue weighted by molar-refractivity contribution is 6.02. The number of carbonyl (C=O) groups excluding carboxylic acids is 2. The van der Waals surface area contributed by atoms with Crippen LogP contribution >= 0.6 is 0 Å². The van der Waals surface area contributed by atoms with Gasteiger partial charge >= 0.3 is 0 Å². The molecule has 3 rings (SSSR count). The quantitative estimate of drug-likeness (QED) is 0.706. The van der Waals surface area contributed by atoms with Crippen LogP contribution in [0.4, 0.5) is 11.5 Å². The van der Waals surface area contributed by atoms with Gasteiger partial charge in [-0.05, 0) is 37.6 Å². The van der Waals surface area contributed by atoms with Crippen molar-refractivity contribution in [1.82, 2.24) is 10.3 Å². The highest BCUT2D eigenvalue weighted by Crippen LogP contribution is 2.21. The first-order valence-electron chi connectivity index (χ1n) is 9.77. The molecule has 1 aliphatic rings. The number of hydrogen-bond acceptors (Lipinski definition) is 5. The zero-order chi connectivity index (χ0) is 20.6. The lowest BCUT2D eigenvalue weighted by atomic mass is 10.2. The Bertz CT molecular complexity index is 880. The average molecular weight is 394 g/mol. The minimum absolute atomic E-state index is 0.0156. The molecule has 152 valence electrons. The third-order valence-corrected chi connectivity index (χ3v) is 4.61. The summed E-state index contributed by atoms with van der Waals surface area (Å²) >= 11 is 0. The van der Waals surface area contributed by atoms with Crippen LogP contribution in [-0.4, -0.2) is 42.5 Å². The fraction of sp³-hybridized carbons (Fsp3) is 0.318. The molecule has 7 heteroatoms. The van der Waals surface area contributed by atoms with Crippen molar-refractivity contribution in [3.8, 4) is 5.75 Å². The number of amides is 2. The molecule has 2 heterocycles. The van der Waals surface area contributed by atoms with Gasteiger partial charge in [0.05, 0.1) is 24.5 Å². The summed E-state index contributed by atoms with van der Waals surface area (Å²) in [4.78, 5) is 30.0. The molecule has 2 aromatic rings. The Kier molecular flexibility index (Phi) is 6.84. The van der Waals surface area contributed by atoms with Crippen LogP contribution in [0.25, 0.3) is 6.08 Å². The van der Waals surface area contributed by atoms with Crippen molar-refractivity contribution in [2.45, 2.75) is 26.4 Å². The van der Waals surface area contributed by atoms with E-state index in [0.29, 0.717) is 31.1 Å². The van der Waals surface area contributed by atoms with Crippen LogP contribution in [0.5, 0.6) is 5.75 Å². The molecule has 1 fully saturated rings. The maximum atomic E-state index is 12.3.